The third kappa shape index (κ3) is 3.63. The van der Waals surface area contributed by atoms with Crippen LogP contribution in [0, 0.1) is 6.92 Å². The van der Waals surface area contributed by atoms with Crippen LogP contribution in [0.5, 0.6) is 11.5 Å². The summed E-state index contributed by atoms with van der Waals surface area (Å²) in [5.74, 6) is -0.453. The summed E-state index contributed by atoms with van der Waals surface area (Å²) >= 11 is 0. The van der Waals surface area contributed by atoms with Crippen molar-refractivity contribution in [1.82, 2.24) is 5.32 Å². The summed E-state index contributed by atoms with van der Waals surface area (Å²) in [4.78, 5) is 12.7. The highest BCUT2D eigenvalue weighted by Gasteiger charge is 2.26. The van der Waals surface area contributed by atoms with E-state index < -0.39 is 0 Å². The highest BCUT2D eigenvalue weighted by molar-refractivity contribution is 6.00. The zero-order valence-electron chi connectivity index (χ0n) is 14.8. The van der Waals surface area contributed by atoms with Gasteiger partial charge in [-0.15, -0.1) is 0 Å². The van der Waals surface area contributed by atoms with Gasteiger partial charge >= 0.3 is 0 Å². The molecule has 4 heteroatoms. The Labute approximate surface area is 148 Å². The molecule has 2 aliphatic carbocycles. The number of carbonyl (C=O) groups excluding carboxylic acids is 1. The highest BCUT2D eigenvalue weighted by atomic mass is 16.3. The molecular formula is C21H25NO3. The van der Waals surface area contributed by atoms with E-state index in [4.69, 9.17) is 0 Å². The number of allylic oxidation sites excluding steroid dienone is 5. The van der Waals surface area contributed by atoms with E-state index in [0.29, 0.717) is 11.1 Å². The molecule has 1 atom stereocenters. The van der Waals surface area contributed by atoms with E-state index in [1.165, 1.54) is 5.57 Å². The van der Waals surface area contributed by atoms with Gasteiger partial charge in [0.15, 0.2) is 0 Å². The van der Waals surface area contributed by atoms with Crippen LogP contribution in [0.2, 0.25) is 0 Å². The number of hydrogen-bond donors (Lipinski definition) is 3. The van der Waals surface area contributed by atoms with Crippen LogP contribution in [0.4, 0.5) is 0 Å². The summed E-state index contributed by atoms with van der Waals surface area (Å²) in [5, 5.41) is 24.0. The first kappa shape index (κ1) is 17.3. The Hall–Kier alpha value is -2.49. The van der Waals surface area contributed by atoms with Gasteiger partial charge in [0, 0.05) is 17.2 Å². The molecule has 0 saturated heterocycles. The molecule has 0 bridgehead atoms. The molecule has 3 rings (SSSR count). The quantitative estimate of drug-likeness (QED) is 0.706. The number of carbonyl (C=O) groups is 1. The highest BCUT2D eigenvalue weighted by Crippen LogP contribution is 2.43. The van der Waals surface area contributed by atoms with Crippen LogP contribution < -0.4 is 5.32 Å². The summed E-state index contributed by atoms with van der Waals surface area (Å²) in [6.45, 7) is 3.79. The monoisotopic (exact) mass is 339 g/mol. The van der Waals surface area contributed by atoms with E-state index in [2.05, 4.69) is 18.3 Å². The lowest BCUT2D eigenvalue weighted by atomic mass is 9.83. The molecule has 1 amide bonds. The number of aromatic hydroxyl groups is 2. The molecule has 0 radical (unpaired) electrons. The number of nitrogens with one attached hydrogen (secondary N) is 1. The van der Waals surface area contributed by atoms with E-state index in [1.54, 1.807) is 13.0 Å². The maximum Gasteiger partial charge on any atom is 0.259 e. The van der Waals surface area contributed by atoms with Gasteiger partial charge in [-0.05, 0) is 63.7 Å². The Morgan fingerprint density at radius 1 is 1.24 bits per heavy atom. The summed E-state index contributed by atoms with van der Waals surface area (Å²) in [6, 6.07) is 1.58. The fourth-order valence-corrected chi connectivity index (χ4v) is 3.69. The zero-order chi connectivity index (χ0) is 18.0. The molecule has 0 fully saturated rings. The summed E-state index contributed by atoms with van der Waals surface area (Å²) in [6.07, 6.45) is 12.7. The topological polar surface area (TPSA) is 69.6 Å². The molecule has 25 heavy (non-hydrogen) atoms. The minimum absolute atomic E-state index is 0.0549. The largest absolute Gasteiger partial charge is 0.507 e. The molecule has 1 aromatic rings. The van der Waals surface area contributed by atoms with Gasteiger partial charge in [-0.1, -0.05) is 23.8 Å². The molecule has 3 N–H and O–H groups in total. The maximum absolute atomic E-state index is 12.7. The lowest BCUT2D eigenvalue weighted by Gasteiger charge is -2.23. The van der Waals surface area contributed by atoms with E-state index in [-0.39, 0.29) is 28.9 Å². The Morgan fingerprint density at radius 2 is 2.04 bits per heavy atom. The van der Waals surface area contributed by atoms with Crippen molar-refractivity contribution in [3.63, 3.8) is 0 Å². The Bertz CT molecular complexity index is 787. The first-order chi connectivity index (χ1) is 12.0. The normalized spacial score (nSPS) is 20.0. The first-order valence-corrected chi connectivity index (χ1v) is 8.88. The van der Waals surface area contributed by atoms with E-state index in [9.17, 15) is 15.0 Å². The molecule has 0 saturated carbocycles. The van der Waals surface area contributed by atoms with Crippen LogP contribution in [0.15, 0.2) is 41.6 Å². The van der Waals surface area contributed by atoms with E-state index in [0.717, 1.165) is 37.8 Å². The lowest BCUT2D eigenvalue weighted by Crippen LogP contribution is -2.24. The predicted octanol–water partition coefficient (Wildman–Crippen LogP) is 4.58. The van der Waals surface area contributed by atoms with Crippen molar-refractivity contribution >= 4 is 5.91 Å². The van der Waals surface area contributed by atoms with E-state index in [1.807, 2.05) is 18.2 Å². The van der Waals surface area contributed by atoms with Crippen molar-refractivity contribution in [3.05, 3.63) is 58.3 Å². The standard InChI is InChI=1S/C21H25NO3/c1-13-7-6-8-15(11-13)19-17(23)12-14(2)18(20(19)24)21(25)22-16-9-4-3-5-10-16/h4,9-12,15,23-24H,3,5-8H2,1-2H3,(H,22,25). The molecular weight excluding hydrogens is 314 g/mol. The molecule has 0 aliphatic heterocycles. The molecule has 0 heterocycles. The smallest absolute Gasteiger partial charge is 0.259 e. The van der Waals surface area contributed by atoms with Crippen molar-refractivity contribution < 1.29 is 15.0 Å². The minimum atomic E-state index is -0.342. The summed E-state index contributed by atoms with van der Waals surface area (Å²) in [7, 11) is 0. The number of aryl methyl sites for hydroxylation is 1. The van der Waals surface area contributed by atoms with Crippen molar-refractivity contribution in [3.8, 4) is 11.5 Å². The number of hydrogen-bond acceptors (Lipinski definition) is 3. The van der Waals surface area contributed by atoms with Crippen molar-refractivity contribution in [2.75, 3.05) is 0 Å². The van der Waals surface area contributed by atoms with Crippen LogP contribution in [-0.4, -0.2) is 16.1 Å². The van der Waals surface area contributed by atoms with Gasteiger partial charge in [0.25, 0.3) is 5.91 Å². The molecule has 1 aromatic carbocycles. The molecule has 2 aliphatic rings. The number of benzene rings is 1. The SMILES string of the molecule is CC1=CC(c2c(O)cc(C)c(C(=O)NC3=CCCC=C3)c2O)CCC1. The van der Waals surface area contributed by atoms with E-state index >= 15 is 0 Å². The van der Waals surface area contributed by atoms with Crippen molar-refractivity contribution in [1.29, 1.82) is 0 Å². The van der Waals surface area contributed by atoms with Crippen LogP contribution in [-0.2, 0) is 0 Å². The molecule has 132 valence electrons. The number of phenolic OH excluding ortho intramolecular Hbond substituents is 2. The van der Waals surface area contributed by atoms with Crippen LogP contribution in [0.1, 0.15) is 66.4 Å². The number of phenols is 2. The van der Waals surface area contributed by atoms with Gasteiger partial charge in [0.2, 0.25) is 0 Å². The third-order valence-electron chi connectivity index (χ3n) is 4.94. The minimum Gasteiger partial charge on any atom is -0.507 e. The summed E-state index contributed by atoms with van der Waals surface area (Å²) < 4.78 is 0. The molecule has 1 unspecified atom stereocenters. The van der Waals surface area contributed by atoms with Crippen LogP contribution >= 0.6 is 0 Å². The van der Waals surface area contributed by atoms with Crippen molar-refractivity contribution in [2.45, 2.75) is 51.9 Å². The summed E-state index contributed by atoms with van der Waals surface area (Å²) in [5.41, 5.74) is 3.26. The number of amides is 1. The van der Waals surface area contributed by atoms with Gasteiger partial charge in [-0.25, -0.2) is 0 Å². The fourth-order valence-electron chi connectivity index (χ4n) is 3.69. The van der Waals surface area contributed by atoms with Gasteiger partial charge in [0.1, 0.15) is 11.5 Å². The third-order valence-corrected chi connectivity index (χ3v) is 4.94. The molecule has 0 aromatic heterocycles. The molecule has 4 nitrogen and oxygen atoms in total. The number of rotatable bonds is 3. The van der Waals surface area contributed by atoms with Crippen LogP contribution in [0.25, 0.3) is 0 Å². The van der Waals surface area contributed by atoms with Crippen molar-refractivity contribution in [2.24, 2.45) is 0 Å². The van der Waals surface area contributed by atoms with Gasteiger partial charge in [-0.3, -0.25) is 4.79 Å². The Kier molecular flexibility index (Phi) is 4.98. The maximum atomic E-state index is 12.7. The first-order valence-electron chi connectivity index (χ1n) is 8.88. The molecule has 0 spiro atoms. The van der Waals surface area contributed by atoms with Gasteiger partial charge in [-0.2, -0.15) is 0 Å². The van der Waals surface area contributed by atoms with Gasteiger partial charge in [0.05, 0.1) is 5.56 Å². The second kappa shape index (κ2) is 7.18. The Morgan fingerprint density at radius 3 is 2.72 bits per heavy atom. The fraction of sp³-hybridized carbons (Fsp3) is 0.381. The lowest BCUT2D eigenvalue weighted by molar-refractivity contribution is 0.0963. The second-order valence-electron chi connectivity index (χ2n) is 6.95. The Balaban J connectivity index is 1.98. The average Bonchev–Trinajstić information content (AvgIpc) is 2.55. The average molecular weight is 339 g/mol. The van der Waals surface area contributed by atoms with Crippen LogP contribution in [0.3, 0.4) is 0 Å². The predicted molar refractivity (Wildman–Crippen MR) is 98.8 cm³/mol. The van der Waals surface area contributed by atoms with Gasteiger partial charge < -0.3 is 15.5 Å². The second-order valence-corrected chi connectivity index (χ2v) is 6.95. The zero-order valence-corrected chi connectivity index (χ0v) is 14.8.